The fraction of sp³-hybridized carbons (Fsp3) is 0.857. The van der Waals surface area contributed by atoms with Crippen LogP contribution in [0.2, 0.25) is 0 Å². The first-order chi connectivity index (χ1) is 4.10. The fourth-order valence-electron chi connectivity index (χ4n) is 1.20. The van der Waals surface area contributed by atoms with E-state index < -0.39 is 0 Å². The Bertz CT molecular complexity index is 141. The Morgan fingerprint density at radius 3 is 2.40 bits per heavy atom. The van der Waals surface area contributed by atoms with E-state index in [1.807, 2.05) is 0 Å². The summed E-state index contributed by atoms with van der Waals surface area (Å²) in [6, 6.07) is 0. The lowest BCUT2D eigenvalue weighted by Crippen LogP contribution is -2.28. The molecule has 2 nitrogen and oxygen atoms in total. The highest BCUT2D eigenvalue weighted by atomic mass is 35.5. The lowest BCUT2D eigenvalue weighted by atomic mass is 9.95. The zero-order chi connectivity index (χ0) is 6.91. The summed E-state index contributed by atoms with van der Waals surface area (Å²) in [7, 11) is 0. The average Bonchev–Trinajstić information content (AvgIpc) is 1.60. The number of amidine groups is 1. The Hall–Kier alpha value is -0.240. The van der Waals surface area contributed by atoms with E-state index in [-0.39, 0.29) is 17.9 Å². The molecule has 1 aliphatic rings. The molecule has 60 valence electrons. The zero-order valence-corrected chi connectivity index (χ0v) is 7.37. The van der Waals surface area contributed by atoms with Crippen molar-refractivity contribution in [3.8, 4) is 0 Å². The highest BCUT2D eigenvalue weighted by Crippen LogP contribution is 2.21. The molecule has 0 fully saturated rings. The number of nitrogens with two attached hydrogens (primary N) is 1. The number of hydrogen-bond acceptors (Lipinski definition) is 2. The van der Waals surface area contributed by atoms with Crippen LogP contribution in [0.5, 0.6) is 0 Å². The van der Waals surface area contributed by atoms with Crippen LogP contribution in [0.3, 0.4) is 0 Å². The van der Waals surface area contributed by atoms with Gasteiger partial charge in [0.25, 0.3) is 0 Å². The van der Waals surface area contributed by atoms with Crippen LogP contribution in [0.4, 0.5) is 0 Å². The molecule has 0 aliphatic carbocycles. The van der Waals surface area contributed by atoms with Crippen LogP contribution < -0.4 is 5.73 Å². The normalized spacial score (nSPS) is 22.8. The van der Waals surface area contributed by atoms with Crippen molar-refractivity contribution in [1.82, 2.24) is 0 Å². The third-order valence-electron chi connectivity index (χ3n) is 1.67. The van der Waals surface area contributed by atoms with E-state index in [4.69, 9.17) is 5.73 Å². The Morgan fingerprint density at radius 1 is 1.50 bits per heavy atom. The van der Waals surface area contributed by atoms with Gasteiger partial charge < -0.3 is 5.73 Å². The van der Waals surface area contributed by atoms with E-state index in [2.05, 4.69) is 18.8 Å². The monoisotopic (exact) mass is 162 g/mol. The minimum absolute atomic E-state index is 0. The summed E-state index contributed by atoms with van der Waals surface area (Å²) in [6.07, 6.45) is 3.36. The Balaban J connectivity index is 0.000000810. The quantitative estimate of drug-likeness (QED) is 0.579. The van der Waals surface area contributed by atoms with Crippen LogP contribution in [-0.2, 0) is 0 Å². The van der Waals surface area contributed by atoms with E-state index in [1.165, 1.54) is 12.8 Å². The topological polar surface area (TPSA) is 38.4 Å². The maximum Gasteiger partial charge on any atom is 0.0943 e. The number of nitrogens with zero attached hydrogens (tertiary/aromatic N) is 1. The molecular formula is C7H15ClN2. The first-order valence-corrected chi connectivity index (χ1v) is 3.44. The van der Waals surface area contributed by atoms with Gasteiger partial charge in [0.15, 0.2) is 0 Å². The number of aliphatic imine (C=N–C) groups is 1. The molecule has 10 heavy (non-hydrogen) atoms. The van der Waals surface area contributed by atoms with E-state index in [0.29, 0.717) is 0 Å². The van der Waals surface area contributed by atoms with E-state index >= 15 is 0 Å². The van der Waals surface area contributed by atoms with Crippen molar-refractivity contribution in [3.63, 3.8) is 0 Å². The van der Waals surface area contributed by atoms with Gasteiger partial charge >= 0.3 is 0 Å². The molecule has 0 unspecified atom stereocenters. The lowest BCUT2D eigenvalue weighted by Gasteiger charge is -2.24. The second-order valence-corrected chi connectivity index (χ2v) is 3.27. The Morgan fingerprint density at radius 2 is 2.10 bits per heavy atom. The van der Waals surface area contributed by atoms with Gasteiger partial charge in [0.05, 0.1) is 11.4 Å². The van der Waals surface area contributed by atoms with Crippen molar-refractivity contribution in [2.24, 2.45) is 10.7 Å². The molecule has 0 amide bonds. The van der Waals surface area contributed by atoms with Crippen LogP contribution in [0.1, 0.15) is 33.1 Å². The van der Waals surface area contributed by atoms with Gasteiger partial charge in [-0.15, -0.1) is 12.4 Å². The standard InChI is InChI=1S/C7H14N2.ClH/c1-7(2)5-3-4-6(8)9-7;/h3-5H2,1-2H3,(H2,8,9);1H. The van der Waals surface area contributed by atoms with E-state index in [9.17, 15) is 0 Å². The molecule has 0 atom stereocenters. The van der Waals surface area contributed by atoms with Gasteiger partial charge in [-0.25, -0.2) is 0 Å². The van der Waals surface area contributed by atoms with E-state index in [0.717, 1.165) is 12.3 Å². The van der Waals surface area contributed by atoms with Gasteiger partial charge in [-0.3, -0.25) is 4.99 Å². The van der Waals surface area contributed by atoms with Crippen molar-refractivity contribution in [3.05, 3.63) is 0 Å². The Kier molecular flexibility index (Phi) is 3.16. The summed E-state index contributed by atoms with van der Waals surface area (Å²) in [5.74, 6) is 0.825. The Labute approximate surface area is 68.3 Å². The van der Waals surface area contributed by atoms with Gasteiger partial charge in [0, 0.05) is 6.42 Å². The van der Waals surface area contributed by atoms with Crippen molar-refractivity contribution in [2.75, 3.05) is 0 Å². The highest BCUT2D eigenvalue weighted by molar-refractivity contribution is 5.85. The maximum atomic E-state index is 5.56. The van der Waals surface area contributed by atoms with Gasteiger partial charge in [0.1, 0.15) is 0 Å². The molecule has 0 aromatic heterocycles. The molecule has 0 radical (unpaired) electrons. The van der Waals surface area contributed by atoms with Gasteiger partial charge in [-0.05, 0) is 26.7 Å². The van der Waals surface area contributed by atoms with Crippen molar-refractivity contribution in [2.45, 2.75) is 38.6 Å². The summed E-state index contributed by atoms with van der Waals surface area (Å²) in [6.45, 7) is 4.25. The SMILES string of the molecule is CC1(C)CCCC(N)=N1.Cl. The lowest BCUT2D eigenvalue weighted by molar-refractivity contribution is 0.446. The second kappa shape index (κ2) is 3.24. The average molecular weight is 163 g/mol. The van der Waals surface area contributed by atoms with Crippen LogP contribution in [0.25, 0.3) is 0 Å². The summed E-state index contributed by atoms with van der Waals surface area (Å²) < 4.78 is 0. The highest BCUT2D eigenvalue weighted by Gasteiger charge is 2.19. The second-order valence-electron chi connectivity index (χ2n) is 3.27. The van der Waals surface area contributed by atoms with Crippen molar-refractivity contribution >= 4 is 18.2 Å². The van der Waals surface area contributed by atoms with Crippen LogP contribution >= 0.6 is 12.4 Å². The largest absolute Gasteiger partial charge is 0.387 e. The predicted molar refractivity (Wildman–Crippen MR) is 46.8 cm³/mol. The van der Waals surface area contributed by atoms with Crippen molar-refractivity contribution in [1.29, 1.82) is 0 Å². The van der Waals surface area contributed by atoms with Gasteiger partial charge in [0.2, 0.25) is 0 Å². The summed E-state index contributed by atoms with van der Waals surface area (Å²) in [5, 5.41) is 0. The number of halogens is 1. The smallest absolute Gasteiger partial charge is 0.0943 e. The van der Waals surface area contributed by atoms with Crippen LogP contribution in [0.15, 0.2) is 4.99 Å². The molecule has 0 aromatic carbocycles. The van der Waals surface area contributed by atoms with Crippen LogP contribution in [0, 0.1) is 0 Å². The molecule has 0 bridgehead atoms. The predicted octanol–water partition coefficient (Wildman–Crippen LogP) is 1.73. The van der Waals surface area contributed by atoms with Gasteiger partial charge in [-0.2, -0.15) is 0 Å². The number of rotatable bonds is 0. The van der Waals surface area contributed by atoms with Gasteiger partial charge in [-0.1, -0.05) is 0 Å². The third-order valence-corrected chi connectivity index (χ3v) is 1.67. The first-order valence-electron chi connectivity index (χ1n) is 3.44. The minimum atomic E-state index is 0. The molecule has 1 rings (SSSR count). The molecule has 1 aliphatic heterocycles. The van der Waals surface area contributed by atoms with Crippen LogP contribution in [-0.4, -0.2) is 11.4 Å². The molecule has 0 saturated carbocycles. The molecule has 0 aromatic rings. The summed E-state index contributed by atoms with van der Waals surface area (Å²) >= 11 is 0. The zero-order valence-electron chi connectivity index (χ0n) is 6.55. The molecule has 2 N–H and O–H groups in total. The summed E-state index contributed by atoms with van der Waals surface area (Å²) in [4.78, 5) is 4.31. The third kappa shape index (κ3) is 2.56. The molecule has 0 saturated heterocycles. The number of hydrogen-bond donors (Lipinski definition) is 1. The summed E-state index contributed by atoms with van der Waals surface area (Å²) in [5.41, 5.74) is 5.67. The molecule has 0 spiro atoms. The molecule has 1 heterocycles. The maximum absolute atomic E-state index is 5.56. The van der Waals surface area contributed by atoms with Crippen molar-refractivity contribution < 1.29 is 0 Å². The minimum Gasteiger partial charge on any atom is -0.387 e. The van der Waals surface area contributed by atoms with E-state index in [1.54, 1.807) is 0 Å². The fourth-order valence-corrected chi connectivity index (χ4v) is 1.20. The molecular weight excluding hydrogens is 148 g/mol. The first kappa shape index (κ1) is 9.76. The molecule has 3 heteroatoms.